The van der Waals surface area contributed by atoms with E-state index in [4.69, 9.17) is 0 Å². The summed E-state index contributed by atoms with van der Waals surface area (Å²) in [6, 6.07) is 9.15. The molecule has 1 aromatic carbocycles. The minimum absolute atomic E-state index is 0.667. The highest BCUT2D eigenvalue weighted by Gasteiger charge is 2.39. The number of aryl methyl sites for hydroxylation is 1. The molecule has 2 aliphatic heterocycles. The number of anilines is 1. The SMILES string of the molecule is Cc1nnc(N2CC3CC2CS3)c2ccccc12. The fourth-order valence-corrected chi connectivity index (χ4v) is 4.53. The van der Waals surface area contributed by atoms with Gasteiger partial charge in [-0.05, 0) is 13.3 Å². The van der Waals surface area contributed by atoms with Crippen molar-refractivity contribution in [2.75, 3.05) is 17.2 Å². The Labute approximate surface area is 111 Å². The van der Waals surface area contributed by atoms with Crippen molar-refractivity contribution in [3.05, 3.63) is 30.0 Å². The van der Waals surface area contributed by atoms with Crippen molar-refractivity contribution < 1.29 is 0 Å². The summed E-state index contributed by atoms with van der Waals surface area (Å²) in [4.78, 5) is 2.47. The molecule has 92 valence electrons. The summed E-state index contributed by atoms with van der Waals surface area (Å²) in [5.74, 6) is 2.33. The zero-order chi connectivity index (χ0) is 12.1. The van der Waals surface area contributed by atoms with Crippen LogP contribution < -0.4 is 4.90 Å². The zero-order valence-corrected chi connectivity index (χ0v) is 11.2. The van der Waals surface area contributed by atoms with Gasteiger partial charge in [-0.15, -0.1) is 5.10 Å². The second kappa shape index (κ2) is 3.85. The molecule has 3 nitrogen and oxygen atoms in total. The molecule has 0 N–H and O–H groups in total. The van der Waals surface area contributed by atoms with Crippen molar-refractivity contribution >= 4 is 28.4 Å². The topological polar surface area (TPSA) is 29.0 Å². The fourth-order valence-electron chi connectivity index (χ4n) is 3.09. The van der Waals surface area contributed by atoms with Crippen molar-refractivity contribution in [1.82, 2.24) is 10.2 Å². The predicted molar refractivity (Wildman–Crippen MR) is 76.3 cm³/mol. The number of nitrogens with zero attached hydrogens (tertiary/aromatic N) is 3. The van der Waals surface area contributed by atoms with Crippen LogP contribution in [-0.2, 0) is 0 Å². The Morgan fingerprint density at radius 2 is 2.06 bits per heavy atom. The molecule has 0 radical (unpaired) electrons. The van der Waals surface area contributed by atoms with Crippen LogP contribution in [0, 0.1) is 6.92 Å². The third kappa shape index (κ3) is 1.45. The van der Waals surface area contributed by atoms with E-state index in [2.05, 4.69) is 51.1 Å². The molecule has 2 aliphatic rings. The Hall–Kier alpha value is -1.29. The standard InChI is InChI=1S/C14H15N3S/c1-9-12-4-2-3-5-13(12)14(16-15-9)17-7-11-6-10(17)8-18-11/h2-5,10-11H,6-8H2,1H3. The number of hydrogen-bond donors (Lipinski definition) is 0. The lowest BCUT2D eigenvalue weighted by molar-refractivity contribution is 0.746. The van der Waals surface area contributed by atoms with E-state index in [1.54, 1.807) is 0 Å². The van der Waals surface area contributed by atoms with Gasteiger partial charge in [0, 0.05) is 34.4 Å². The van der Waals surface area contributed by atoms with Crippen LogP contribution in [0.15, 0.2) is 24.3 Å². The maximum absolute atomic E-state index is 4.47. The van der Waals surface area contributed by atoms with Crippen LogP contribution in [0.3, 0.4) is 0 Å². The van der Waals surface area contributed by atoms with Gasteiger partial charge in [0.1, 0.15) is 0 Å². The molecule has 2 atom stereocenters. The maximum atomic E-state index is 4.47. The first kappa shape index (κ1) is 10.6. The van der Waals surface area contributed by atoms with Crippen molar-refractivity contribution in [3.8, 4) is 0 Å². The fraction of sp³-hybridized carbons (Fsp3) is 0.429. The maximum Gasteiger partial charge on any atom is 0.159 e. The summed E-state index contributed by atoms with van der Waals surface area (Å²) in [6.45, 7) is 3.17. The largest absolute Gasteiger partial charge is 0.350 e. The second-order valence-electron chi connectivity index (χ2n) is 5.15. The molecule has 2 bridgehead atoms. The number of benzene rings is 1. The van der Waals surface area contributed by atoms with Gasteiger partial charge < -0.3 is 4.90 Å². The molecule has 3 heterocycles. The van der Waals surface area contributed by atoms with E-state index < -0.39 is 0 Å². The lowest BCUT2D eigenvalue weighted by Crippen LogP contribution is -2.34. The average molecular weight is 257 g/mol. The van der Waals surface area contributed by atoms with E-state index in [0.29, 0.717) is 6.04 Å². The summed E-state index contributed by atoms with van der Waals surface area (Å²) in [7, 11) is 0. The summed E-state index contributed by atoms with van der Waals surface area (Å²) in [5, 5.41) is 12.1. The Kier molecular flexibility index (Phi) is 2.27. The van der Waals surface area contributed by atoms with Crippen molar-refractivity contribution in [3.63, 3.8) is 0 Å². The Morgan fingerprint density at radius 1 is 1.22 bits per heavy atom. The lowest BCUT2D eigenvalue weighted by atomic mass is 10.1. The second-order valence-corrected chi connectivity index (χ2v) is 6.49. The monoisotopic (exact) mass is 257 g/mol. The van der Waals surface area contributed by atoms with Gasteiger partial charge in [0.2, 0.25) is 0 Å². The summed E-state index contributed by atoms with van der Waals surface area (Å²) in [5.41, 5.74) is 1.02. The van der Waals surface area contributed by atoms with Crippen molar-refractivity contribution in [2.45, 2.75) is 24.6 Å². The van der Waals surface area contributed by atoms with Crippen LogP contribution in [0.2, 0.25) is 0 Å². The smallest absolute Gasteiger partial charge is 0.159 e. The van der Waals surface area contributed by atoms with Crippen LogP contribution in [0.5, 0.6) is 0 Å². The zero-order valence-electron chi connectivity index (χ0n) is 10.3. The van der Waals surface area contributed by atoms with Gasteiger partial charge in [-0.2, -0.15) is 16.9 Å². The molecule has 0 spiro atoms. The number of rotatable bonds is 1. The number of aromatic nitrogens is 2. The van der Waals surface area contributed by atoms with E-state index >= 15 is 0 Å². The molecule has 2 unspecified atom stereocenters. The van der Waals surface area contributed by atoms with E-state index in [-0.39, 0.29) is 0 Å². The molecule has 2 fully saturated rings. The Balaban J connectivity index is 1.88. The molecular formula is C14H15N3S. The van der Waals surface area contributed by atoms with Crippen LogP contribution >= 0.6 is 11.8 Å². The molecule has 2 saturated heterocycles. The molecule has 1 aromatic heterocycles. The molecule has 0 amide bonds. The molecule has 4 heteroatoms. The van der Waals surface area contributed by atoms with Crippen molar-refractivity contribution in [2.24, 2.45) is 0 Å². The van der Waals surface area contributed by atoms with Crippen LogP contribution in [-0.4, -0.2) is 33.8 Å². The predicted octanol–water partition coefficient (Wildman–Crippen LogP) is 2.63. The number of fused-ring (bicyclic) bond motifs is 3. The summed E-state index contributed by atoms with van der Waals surface area (Å²) in [6.07, 6.45) is 1.31. The minimum atomic E-state index is 0.667. The van der Waals surface area contributed by atoms with Crippen LogP contribution in [0.4, 0.5) is 5.82 Å². The summed E-state index contributed by atoms with van der Waals surface area (Å²) < 4.78 is 0. The van der Waals surface area contributed by atoms with E-state index in [1.165, 1.54) is 22.9 Å². The van der Waals surface area contributed by atoms with Gasteiger partial charge in [0.15, 0.2) is 5.82 Å². The van der Waals surface area contributed by atoms with Gasteiger partial charge >= 0.3 is 0 Å². The first-order valence-electron chi connectivity index (χ1n) is 6.43. The quantitative estimate of drug-likeness (QED) is 0.785. The first-order valence-corrected chi connectivity index (χ1v) is 7.48. The Bertz CT molecular complexity index is 613. The molecule has 2 aromatic rings. The van der Waals surface area contributed by atoms with E-state index in [1.807, 2.05) is 6.92 Å². The number of thioether (sulfide) groups is 1. The highest BCUT2D eigenvalue weighted by molar-refractivity contribution is 8.00. The molecule has 18 heavy (non-hydrogen) atoms. The van der Waals surface area contributed by atoms with Gasteiger partial charge in [0.25, 0.3) is 0 Å². The normalized spacial score (nSPS) is 26.2. The molecule has 0 aliphatic carbocycles. The molecule has 0 saturated carbocycles. The highest BCUT2D eigenvalue weighted by Crippen LogP contribution is 2.41. The Morgan fingerprint density at radius 3 is 2.78 bits per heavy atom. The minimum Gasteiger partial charge on any atom is -0.350 e. The third-order valence-electron chi connectivity index (χ3n) is 4.02. The first-order chi connectivity index (χ1) is 8.83. The summed E-state index contributed by atoms with van der Waals surface area (Å²) >= 11 is 2.11. The van der Waals surface area contributed by atoms with Crippen molar-refractivity contribution in [1.29, 1.82) is 0 Å². The van der Waals surface area contributed by atoms with Gasteiger partial charge in [-0.25, -0.2) is 0 Å². The van der Waals surface area contributed by atoms with Gasteiger partial charge in [0.05, 0.1) is 5.69 Å². The van der Waals surface area contributed by atoms with Gasteiger partial charge in [-0.3, -0.25) is 0 Å². The average Bonchev–Trinajstić information content (AvgIpc) is 3.02. The van der Waals surface area contributed by atoms with Crippen LogP contribution in [0.25, 0.3) is 10.8 Å². The van der Waals surface area contributed by atoms with E-state index in [0.717, 1.165) is 23.3 Å². The van der Waals surface area contributed by atoms with Crippen LogP contribution in [0.1, 0.15) is 12.1 Å². The molecular weight excluding hydrogens is 242 g/mol. The third-order valence-corrected chi connectivity index (χ3v) is 5.42. The van der Waals surface area contributed by atoms with E-state index in [9.17, 15) is 0 Å². The number of hydrogen-bond acceptors (Lipinski definition) is 4. The van der Waals surface area contributed by atoms with Gasteiger partial charge in [-0.1, -0.05) is 24.3 Å². The highest BCUT2D eigenvalue weighted by atomic mass is 32.2. The molecule has 4 rings (SSSR count). The lowest BCUT2D eigenvalue weighted by Gasteiger charge is -2.28.